The van der Waals surface area contributed by atoms with Crippen LogP contribution in [-0.4, -0.2) is 35.6 Å². The average molecular weight is 400 g/mol. The van der Waals surface area contributed by atoms with E-state index < -0.39 is 0 Å². The van der Waals surface area contributed by atoms with E-state index in [1.165, 1.54) is 6.92 Å². The van der Waals surface area contributed by atoms with E-state index in [2.05, 4.69) is 5.32 Å². The number of nitrogens with one attached hydrogen (secondary N) is 1. The average Bonchev–Trinajstić information content (AvgIpc) is 2.78. The van der Waals surface area contributed by atoms with E-state index in [9.17, 15) is 14.4 Å². The van der Waals surface area contributed by atoms with Gasteiger partial charge < -0.3 is 10.2 Å². The summed E-state index contributed by atoms with van der Waals surface area (Å²) in [7, 11) is 0. The zero-order valence-electron chi connectivity index (χ0n) is 16.9. The molecule has 0 spiro atoms. The summed E-state index contributed by atoms with van der Waals surface area (Å²) in [5, 5.41) is 4.91. The van der Waals surface area contributed by atoms with Crippen molar-refractivity contribution in [3.63, 3.8) is 0 Å². The first-order valence-electron chi connectivity index (χ1n) is 10.2. The molecule has 5 nitrogen and oxygen atoms in total. The van der Waals surface area contributed by atoms with Crippen molar-refractivity contribution in [2.24, 2.45) is 5.92 Å². The fourth-order valence-corrected chi connectivity index (χ4v) is 3.99. The van der Waals surface area contributed by atoms with Gasteiger partial charge >= 0.3 is 0 Å². The topological polar surface area (TPSA) is 66.5 Å². The lowest BCUT2D eigenvalue weighted by Gasteiger charge is -2.31. The van der Waals surface area contributed by atoms with Crippen molar-refractivity contribution in [2.75, 3.05) is 18.4 Å². The molecular formula is C25H24N2O3. The van der Waals surface area contributed by atoms with Gasteiger partial charge in [0.25, 0.3) is 5.91 Å². The molecule has 0 aliphatic carbocycles. The summed E-state index contributed by atoms with van der Waals surface area (Å²) in [5.41, 5.74) is 1.90. The molecule has 1 aliphatic heterocycles. The number of carbonyl (C=O) groups excluding carboxylic acids is 3. The van der Waals surface area contributed by atoms with Crippen molar-refractivity contribution in [3.8, 4) is 0 Å². The molecule has 0 bridgehead atoms. The van der Waals surface area contributed by atoms with Crippen molar-refractivity contribution in [1.82, 2.24) is 4.90 Å². The van der Waals surface area contributed by atoms with Crippen LogP contribution in [0.15, 0.2) is 66.7 Å². The van der Waals surface area contributed by atoms with Gasteiger partial charge in [0.1, 0.15) is 0 Å². The highest BCUT2D eigenvalue weighted by Gasteiger charge is 2.28. The van der Waals surface area contributed by atoms with Crippen molar-refractivity contribution in [2.45, 2.75) is 19.8 Å². The van der Waals surface area contributed by atoms with Gasteiger partial charge in [0.2, 0.25) is 5.91 Å². The van der Waals surface area contributed by atoms with Crippen LogP contribution in [0.5, 0.6) is 0 Å². The van der Waals surface area contributed by atoms with E-state index in [0.717, 1.165) is 10.8 Å². The molecule has 3 aromatic rings. The summed E-state index contributed by atoms with van der Waals surface area (Å²) >= 11 is 0. The molecule has 4 rings (SSSR count). The van der Waals surface area contributed by atoms with Crippen LogP contribution in [0.1, 0.15) is 40.5 Å². The largest absolute Gasteiger partial charge is 0.339 e. The number of piperidine rings is 1. The highest BCUT2D eigenvalue weighted by atomic mass is 16.2. The quantitative estimate of drug-likeness (QED) is 0.654. The number of nitrogens with zero attached hydrogens (tertiary/aromatic N) is 1. The lowest BCUT2D eigenvalue weighted by molar-refractivity contribution is -0.121. The van der Waals surface area contributed by atoms with Gasteiger partial charge in [-0.1, -0.05) is 48.5 Å². The molecule has 152 valence electrons. The Hall–Kier alpha value is -3.47. The Morgan fingerprint density at radius 3 is 2.37 bits per heavy atom. The highest BCUT2D eigenvalue weighted by molar-refractivity contribution is 6.07. The first-order chi connectivity index (χ1) is 14.5. The summed E-state index contributed by atoms with van der Waals surface area (Å²) in [6.45, 7) is 2.60. The van der Waals surface area contributed by atoms with Gasteiger partial charge in [-0.15, -0.1) is 0 Å². The van der Waals surface area contributed by atoms with E-state index in [0.29, 0.717) is 42.7 Å². The third-order valence-corrected chi connectivity index (χ3v) is 5.71. The van der Waals surface area contributed by atoms with Crippen LogP contribution in [0.3, 0.4) is 0 Å². The third kappa shape index (κ3) is 4.10. The summed E-state index contributed by atoms with van der Waals surface area (Å²) in [6, 6.07) is 20.6. The lowest BCUT2D eigenvalue weighted by atomic mass is 9.94. The van der Waals surface area contributed by atoms with Gasteiger partial charge in [-0.05, 0) is 48.7 Å². The van der Waals surface area contributed by atoms with Crippen LogP contribution >= 0.6 is 0 Å². The van der Waals surface area contributed by atoms with Gasteiger partial charge in [0.05, 0.1) is 0 Å². The Kier molecular flexibility index (Phi) is 5.61. The zero-order valence-corrected chi connectivity index (χ0v) is 16.9. The summed E-state index contributed by atoms with van der Waals surface area (Å²) < 4.78 is 0. The van der Waals surface area contributed by atoms with E-state index in [1.54, 1.807) is 24.3 Å². The molecule has 2 amide bonds. The number of benzene rings is 3. The van der Waals surface area contributed by atoms with Gasteiger partial charge in [0.15, 0.2) is 5.78 Å². The molecule has 0 radical (unpaired) electrons. The second kappa shape index (κ2) is 8.49. The van der Waals surface area contributed by atoms with Crippen LogP contribution in [0.4, 0.5) is 5.69 Å². The maximum atomic E-state index is 13.1. The Labute approximate surface area is 175 Å². The molecule has 1 heterocycles. The van der Waals surface area contributed by atoms with Gasteiger partial charge in [0, 0.05) is 35.8 Å². The number of carbonyl (C=O) groups is 3. The lowest BCUT2D eigenvalue weighted by Crippen LogP contribution is -2.41. The van der Waals surface area contributed by atoms with Crippen LogP contribution in [0.25, 0.3) is 10.8 Å². The van der Waals surface area contributed by atoms with Crippen LogP contribution < -0.4 is 5.32 Å². The number of hydrogen-bond acceptors (Lipinski definition) is 3. The van der Waals surface area contributed by atoms with Gasteiger partial charge in [-0.3, -0.25) is 14.4 Å². The number of amides is 2. The SMILES string of the molecule is CC(=O)c1cccc(NC(=O)C2CCN(C(=O)c3cccc4ccccc34)CC2)c1. The highest BCUT2D eigenvalue weighted by Crippen LogP contribution is 2.24. The number of hydrogen-bond donors (Lipinski definition) is 1. The monoisotopic (exact) mass is 400 g/mol. The molecular weight excluding hydrogens is 376 g/mol. The van der Waals surface area contributed by atoms with E-state index in [1.807, 2.05) is 47.4 Å². The Balaban J connectivity index is 1.40. The summed E-state index contributed by atoms with van der Waals surface area (Å²) in [4.78, 5) is 39.1. The van der Waals surface area contributed by atoms with Crippen LogP contribution in [0.2, 0.25) is 0 Å². The fraction of sp³-hybridized carbons (Fsp3) is 0.240. The molecule has 3 aromatic carbocycles. The molecule has 0 unspecified atom stereocenters. The van der Waals surface area contributed by atoms with Crippen LogP contribution in [0, 0.1) is 5.92 Å². The van der Waals surface area contributed by atoms with E-state index in [-0.39, 0.29) is 23.5 Å². The van der Waals surface area contributed by atoms with E-state index in [4.69, 9.17) is 0 Å². The van der Waals surface area contributed by atoms with E-state index >= 15 is 0 Å². The molecule has 0 saturated carbocycles. The van der Waals surface area contributed by atoms with Crippen molar-refractivity contribution >= 4 is 34.1 Å². The Morgan fingerprint density at radius 1 is 0.900 bits per heavy atom. The molecule has 30 heavy (non-hydrogen) atoms. The standard InChI is InChI=1S/C25H24N2O3/c1-17(28)20-8-4-9-21(16-20)26-24(29)19-12-14-27(15-13-19)25(30)23-11-5-7-18-6-2-3-10-22(18)23/h2-11,16,19H,12-15H2,1H3,(H,26,29). The molecule has 5 heteroatoms. The molecule has 0 aromatic heterocycles. The minimum atomic E-state index is -0.150. The fourth-order valence-electron chi connectivity index (χ4n) is 3.99. The minimum absolute atomic E-state index is 0.0137. The smallest absolute Gasteiger partial charge is 0.254 e. The van der Waals surface area contributed by atoms with Gasteiger partial charge in [-0.2, -0.15) is 0 Å². The molecule has 1 fully saturated rings. The first-order valence-corrected chi connectivity index (χ1v) is 10.2. The third-order valence-electron chi connectivity index (χ3n) is 5.71. The van der Waals surface area contributed by atoms with Gasteiger partial charge in [-0.25, -0.2) is 0 Å². The van der Waals surface area contributed by atoms with Crippen molar-refractivity contribution < 1.29 is 14.4 Å². The second-order valence-electron chi connectivity index (χ2n) is 7.72. The minimum Gasteiger partial charge on any atom is -0.339 e. The van der Waals surface area contributed by atoms with Crippen molar-refractivity contribution in [3.05, 3.63) is 77.9 Å². The first kappa shape index (κ1) is 19.8. The Bertz CT molecular complexity index is 1110. The number of likely N-dealkylation sites (tertiary alicyclic amines) is 1. The molecule has 1 aliphatic rings. The summed E-state index contributed by atoms with van der Waals surface area (Å²) in [5.74, 6) is -0.235. The number of Topliss-reactive ketones (excluding diaryl/α,β-unsaturated/α-hetero) is 1. The number of anilines is 1. The normalized spacial score (nSPS) is 14.5. The maximum Gasteiger partial charge on any atom is 0.254 e. The van der Waals surface area contributed by atoms with Crippen LogP contribution in [-0.2, 0) is 4.79 Å². The predicted octanol–water partition coefficient (Wildman–Crippen LogP) is 4.53. The molecule has 0 atom stereocenters. The molecule has 1 N–H and O–H groups in total. The molecule has 1 saturated heterocycles. The summed E-state index contributed by atoms with van der Waals surface area (Å²) in [6.07, 6.45) is 1.24. The Morgan fingerprint density at radius 2 is 1.60 bits per heavy atom. The van der Waals surface area contributed by atoms with Crippen molar-refractivity contribution in [1.29, 1.82) is 0 Å². The number of ketones is 1. The number of fused-ring (bicyclic) bond motifs is 1. The zero-order chi connectivity index (χ0) is 21.1. The number of rotatable bonds is 4. The predicted molar refractivity (Wildman–Crippen MR) is 118 cm³/mol. The maximum absolute atomic E-state index is 13.1. The second-order valence-corrected chi connectivity index (χ2v) is 7.72.